The highest BCUT2D eigenvalue weighted by molar-refractivity contribution is 6.31. The van der Waals surface area contributed by atoms with E-state index in [1.807, 2.05) is 0 Å². The van der Waals surface area contributed by atoms with E-state index in [0.717, 1.165) is 0 Å². The smallest absolute Gasteiger partial charge is 0.339 e. The molecule has 0 fully saturated rings. The van der Waals surface area contributed by atoms with Crippen LogP contribution in [0.1, 0.15) is 23.7 Å². The molecule has 1 rings (SSSR count). The zero-order chi connectivity index (χ0) is 13.0. The van der Waals surface area contributed by atoms with E-state index in [-0.39, 0.29) is 5.56 Å². The highest BCUT2D eigenvalue weighted by atomic mass is 35.5. The van der Waals surface area contributed by atoms with E-state index in [4.69, 9.17) is 27.8 Å². The standard InChI is InChI=1S/C11H13ClN2O3/c1-2-9(10(14)15)17-11(16)6-3-7(12)5-8(13)4-6/h3-5,9H,2,13H2,1H3,(H2,14,15). The minimum absolute atomic E-state index is 0.190. The van der Waals surface area contributed by atoms with Crippen molar-refractivity contribution in [3.63, 3.8) is 0 Å². The molecule has 0 saturated heterocycles. The zero-order valence-corrected chi connectivity index (χ0v) is 10.0. The molecular weight excluding hydrogens is 244 g/mol. The van der Waals surface area contributed by atoms with Crippen LogP contribution in [0.25, 0.3) is 0 Å². The van der Waals surface area contributed by atoms with Crippen molar-refractivity contribution in [1.82, 2.24) is 0 Å². The lowest BCUT2D eigenvalue weighted by Gasteiger charge is -2.12. The SMILES string of the molecule is CCC(OC(=O)c1cc(N)cc(Cl)c1)C(N)=O. The van der Waals surface area contributed by atoms with Crippen molar-refractivity contribution in [3.8, 4) is 0 Å². The molecule has 0 bridgehead atoms. The number of primary amides is 1. The van der Waals surface area contributed by atoms with Crippen molar-refractivity contribution in [2.75, 3.05) is 5.73 Å². The number of anilines is 1. The van der Waals surface area contributed by atoms with E-state index in [0.29, 0.717) is 17.1 Å². The first kappa shape index (κ1) is 13.3. The molecule has 0 aliphatic heterocycles. The molecule has 17 heavy (non-hydrogen) atoms. The molecular formula is C11H13ClN2O3. The Hall–Kier alpha value is -1.75. The molecule has 4 N–H and O–H groups in total. The Morgan fingerprint density at radius 1 is 1.41 bits per heavy atom. The molecule has 1 unspecified atom stereocenters. The fraction of sp³-hybridized carbons (Fsp3) is 0.273. The second-order valence-corrected chi connectivity index (χ2v) is 3.91. The third-order valence-electron chi connectivity index (χ3n) is 2.09. The number of rotatable bonds is 4. The molecule has 1 amide bonds. The number of amides is 1. The van der Waals surface area contributed by atoms with E-state index in [1.165, 1.54) is 18.2 Å². The molecule has 5 nitrogen and oxygen atoms in total. The first-order valence-corrected chi connectivity index (χ1v) is 5.38. The van der Waals surface area contributed by atoms with E-state index >= 15 is 0 Å². The minimum atomic E-state index is -0.942. The van der Waals surface area contributed by atoms with Gasteiger partial charge in [-0.15, -0.1) is 0 Å². The van der Waals surface area contributed by atoms with Crippen molar-refractivity contribution in [3.05, 3.63) is 28.8 Å². The highest BCUT2D eigenvalue weighted by Gasteiger charge is 2.19. The first-order valence-electron chi connectivity index (χ1n) is 5.00. The lowest BCUT2D eigenvalue weighted by Crippen LogP contribution is -2.32. The molecule has 0 heterocycles. The molecule has 1 aromatic carbocycles. The van der Waals surface area contributed by atoms with Gasteiger partial charge in [0.25, 0.3) is 5.91 Å². The quantitative estimate of drug-likeness (QED) is 0.628. The number of benzene rings is 1. The Labute approximate surface area is 104 Å². The normalized spacial score (nSPS) is 11.9. The summed E-state index contributed by atoms with van der Waals surface area (Å²) in [5.74, 6) is -1.36. The number of esters is 1. The number of carbonyl (C=O) groups is 2. The average Bonchev–Trinajstić information content (AvgIpc) is 2.23. The van der Waals surface area contributed by atoms with Crippen LogP contribution in [0.5, 0.6) is 0 Å². The first-order chi connectivity index (χ1) is 7.93. The van der Waals surface area contributed by atoms with Crippen LogP contribution in [0.3, 0.4) is 0 Å². The monoisotopic (exact) mass is 256 g/mol. The van der Waals surface area contributed by atoms with Gasteiger partial charge in [-0.1, -0.05) is 18.5 Å². The van der Waals surface area contributed by atoms with Gasteiger partial charge in [0.05, 0.1) is 5.56 Å². The van der Waals surface area contributed by atoms with Crippen LogP contribution in [-0.2, 0) is 9.53 Å². The molecule has 1 aromatic rings. The maximum absolute atomic E-state index is 11.7. The number of carbonyl (C=O) groups excluding carboxylic acids is 2. The lowest BCUT2D eigenvalue weighted by molar-refractivity contribution is -0.126. The summed E-state index contributed by atoms with van der Waals surface area (Å²) in [6, 6.07) is 4.33. The summed E-state index contributed by atoms with van der Waals surface area (Å²) >= 11 is 5.75. The van der Waals surface area contributed by atoms with Crippen molar-refractivity contribution in [2.24, 2.45) is 5.73 Å². The van der Waals surface area contributed by atoms with Gasteiger partial charge in [0.2, 0.25) is 0 Å². The fourth-order valence-electron chi connectivity index (χ4n) is 1.27. The van der Waals surface area contributed by atoms with Gasteiger partial charge < -0.3 is 16.2 Å². The largest absolute Gasteiger partial charge is 0.449 e. The van der Waals surface area contributed by atoms with Crippen LogP contribution in [0.2, 0.25) is 5.02 Å². The maximum atomic E-state index is 11.7. The van der Waals surface area contributed by atoms with Crippen LogP contribution in [0, 0.1) is 0 Å². The molecule has 0 saturated carbocycles. The van der Waals surface area contributed by atoms with Crippen molar-refractivity contribution >= 4 is 29.2 Å². The Bertz CT molecular complexity index is 428. The number of hydrogen-bond acceptors (Lipinski definition) is 4. The van der Waals surface area contributed by atoms with Crippen LogP contribution < -0.4 is 11.5 Å². The van der Waals surface area contributed by atoms with Crippen molar-refractivity contribution in [2.45, 2.75) is 19.4 Å². The second kappa shape index (κ2) is 5.54. The van der Waals surface area contributed by atoms with E-state index in [9.17, 15) is 9.59 Å². The molecule has 1 atom stereocenters. The Kier molecular flexibility index (Phi) is 4.34. The summed E-state index contributed by atoms with van der Waals surface area (Å²) in [6.45, 7) is 1.69. The summed E-state index contributed by atoms with van der Waals surface area (Å²) in [7, 11) is 0. The Morgan fingerprint density at radius 3 is 2.53 bits per heavy atom. The van der Waals surface area contributed by atoms with Crippen LogP contribution in [-0.4, -0.2) is 18.0 Å². The Balaban J connectivity index is 2.86. The maximum Gasteiger partial charge on any atom is 0.339 e. The number of nitrogens with two attached hydrogens (primary N) is 2. The summed E-state index contributed by atoms with van der Waals surface area (Å²) in [4.78, 5) is 22.6. The number of hydrogen-bond donors (Lipinski definition) is 2. The van der Waals surface area contributed by atoms with Crippen molar-refractivity contribution < 1.29 is 14.3 Å². The van der Waals surface area contributed by atoms with Gasteiger partial charge in [0.15, 0.2) is 6.10 Å². The van der Waals surface area contributed by atoms with Gasteiger partial charge in [-0.3, -0.25) is 4.79 Å². The molecule has 92 valence electrons. The van der Waals surface area contributed by atoms with Gasteiger partial charge in [-0.25, -0.2) is 4.79 Å². The number of ether oxygens (including phenoxy) is 1. The Morgan fingerprint density at radius 2 is 2.06 bits per heavy atom. The van der Waals surface area contributed by atoms with E-state index in [1.54, 1.807) is 6.92 Å². The topological polar surface area (TPSA) is 95.4 Å². The summed E-state index contributed by atoms with van der Waals surface area (Å²) in [6.07, 6.45) is -0.625. The summed E-state index contributed by atoms with van der Waals surface area (Å²) < 4.78 is 4.93. The molecule has 6 heteroatoms. The van der Waals surface area contributed by atoms with Gasteiger partial charge in [-0.05, 0) is 24.6 Å². The number of nitrogen functional groups attached to an aromatic ring is 1. The van der Waals surface area contributed by atoms with Gasteiger partial charge in [0.1, 0.15) is 0 Å². The molecule has 0 aliphatic rings. The lowest BCUT2D eigenvalue weighted by atomic mass is 10.2. The highest BCUT2D eigenvalue weighted by Crippen LogP contribution is 2.18. The number of halogens is 1. The molecule has 0 aliphatic carbocycles. The summed E-state index contributed by atoms with van der Waals surface area (Å²) in [5, 5.41) is 0.323. The summed E-state index contributed by atoms with van der Waals surface area (Å²) in [5.41, 5.74) is 11.1. The van der Waals surface area contributed by atoms with Crippen LogP contribution >= 0.6 is 11.6 Å². The zero-order valence-electron chi connectivity index (χ0n) is 9.27. The molecule has 0 spiro atoms. The minimum Gasteiger partial charge on any atom is -0.449 e. The van der Waals surface area contributed by atoms with Crippen LogP contribution in [0.15, 0.2) is 18.2 Å². The van der Waals surface area contributed by atoms with Crippen molar-refractivity contribution in [1.29, 1.82) is 0 Å². The van der Waals surface area contributed by atoms with Crippen LogP contribution in [0.4, 0.5) is 5.69 Å². The molecule has 0 aromatic heterocycles. The van der Waals surface area contributed by atoms with Gasteiger partial charge in [-0.2, -0.15) is 0 Å². The predicted molar refractivity (Wildman–Crippen MR) is 64.6 cm³/mol. The third-order valence-corrected chi connectivity index (χ3v) is 2.31. The van der Waals surface area contributed by atoms with Gasteiger partial charge >= 0.3 is 5.97 Å². The van der Waals surface area contributed by atoms with E-state index in [2.05, 4.69) is 0 Å². The molecule has 0 radical (unpaired) electrons. The average molecular weight is 257 g/mol. The van der Waals surface area contributed by atoms with E-state index < -0.39 is 18.0 Å². The predicted octanol–water partition coefficient (Wildman–Crippen LogP) is 1.34. The second-order valence-electron chi connectivity index (χ2n) is 3.48. The van der Waals surface area contributed by atoms with Gasteiger partial charge in [0, 0.05) is 10.7 Å². The fourth-order valence-corrected chi connectivity index (χ4v) is 1.51. The third kappa shape index (κ3) is 3.64.